The monoisotopic (exact) mass is 345 g/mol. The minimum absolute atomic E-state index is 0.0945. The second-order valence-corrected chi connectivity index (χ2v) is 5.17. The molecule has 0 bridgehead atoms. The molecule has 0 N–H and O–H groups in total. The van der Waals surface area contributed by atoms with Crippen LogP contribution in [-0.4, -0.2) is 44.2 Å². The number of methoxy groups -OCH3 is 1. The number of halogens is 2. The van der Waals surface area contributed by atoms with Crippen LogP contribution in [0, 0.1) is 5.82 Å². The van der Waals surface area contributed by atoms with Gasteiger partial charge in [0, 0.05) is 18.2 Å². The van der Waals surface area contributed by atoms with Crippen molar-refractivity contribution < 1.29 is 28.2 Å². The van der Waals surface area contributed by atoms with E-state index >= 15 is 0 Å². The Hall–Kier alpha value is -1.86. The number of carbonyl (C=O) groups is 1. The Bertz CT molecular complexity index is 622. The summed E-state index contributed by atoms with van der Waals surface area (Å²) in [7, 11) is 1.24. The molecule has 0 radical (unpaired) electrons. The predicted octanol–water partition coefficient (Wildman–Crippen LogP) is 2.56. The van der Waals surface area contributed by atoms with Crippen molar-refractivity contribution >= 4 is 23.3 Å². The summed E-state index contributed by atoms with van der Waals surface area (Å²) in [5.41, 5.74) is 0.837. The average molecular weight is 346 g/mol. The molecule has 0 aromatic heterocycles. The topological polar surface area (TPSA) is 66.3 Å². The zero-order valence-electron chi connectivity index (χ0n) is 13.0. The van der Waals surface area contributed by atoms with E-state index in [0.29, 0.717) is 17.9 Å². The number of ether oxygens (including phenoxy) is 3. The molecule has 1 aromatic carbocycles. The lowest BCUT2D eigenvalue weighted by atomic mass is 10.0. The molecule has 2 rings (SSSR count). The lowest BCUT2D eigenvalue weighted by Crippen LogP contribution is -2.28. The summed E-state index contributed by atoms with van der Waals surface area (Å²) in [6.07, 6.45) is -1.34. The van der Waals surface area contributed by atoms with Gasteiger partial charge in [-0.05, 0) is 19.9 Å². The summed E-state index contributed by atoms with van der Waals surface area (Å²) in [6, 6.07) is 2.47. The van der Waals surface area contributed by atoms with E-state index in [9.17, 15) is 9.18 Å². The standard InChI is InChI=1S/C15H17ClFNO5/c1-4-21-13-7-22-18-14(13)9-5-10(16)11(17)6-12(9)23-8(2)15(19)20-3/h5-6,8,13H,4,7H2,1-3H3. The first-order chi connectivity index (χ1) is 11.0. The van der Waals surface area contributed by atoms with Gasteiger partial charge in [0.2, 0.25) is 0 Å². The van der Waals surface area contributed by atoms with Gasteiger partial charge >= 0.3 is 5.97 Å². The van der Waals surface area contributed by atoms with Gasteiger partial charge in [-0.3, -0.25) is 0 Å². The minimum Gasteiger partial charge on any atom is -0.478 e. The normalized spacial score (nSPS) is 18.1. The summed E-state index contributed by atoms with van der Waals surface area (Å²) in [5, 5.41) is 3.83. The fraction of sp³-hybridized carbons (Fsp3) is 0.467. The molecule has 0 spiro atoms. The van der Waals surface area contributed by atoms with Crippen molar-refractivity contribution in [1.29, 1.82) is 0 Å². The zero-order chi connectivity index (χ0) is 17.0. The third kappa shape index (κ3) is 3.92. The Kier molecular flexibility index (Phi) is 5.79. The van der Waals surface area contributed by atoms with E-state index in [-0.39, 0.29) is 17.4 Å². The fourth-order valence-electron chi connectivity index (χ4n) is 2.09. The Balaban J connectivity index is 2.38. The van der Waals surface area contributed by atoms with Gasteiger partial charge in [-0.15, -0.1) is 0 Å². The molecule has 0 fully saturated rings. The van der Waals surface area contributed by atoms with E-state index in [4.69, 9.17) is 25.9 Å². The first-order valence-electron chi connectivity index (χ1n) is 7.03. The molecule has 0 saturated heterocycles. The summed E-state index contributed by atoms with van der Waals surface area (Å²) in [5.74, 6) is -1.15. The Morgan fingerprint density at radius 3 is 2.96 bits per heavy atom. The largest absolute Gasteiger partial charge is 0.478 e. The molecule has 2 unspecified atom stereocenters. The fourth-order valence-corrected chi connectivity index (χ4v) is 2.26. The highest BCUT2D eigenvalue weighted by Crippen LogP contribution is 2.30. The van der Waals surface area contributed by atoms with Crippen molar-refractivity contribution in [1.82, 2.24) is 0 Å². The van der Waals surface area contributed by atoms with Gasteiger partial charge in [0.15, 0.2) is 6.10 Å². The Labute approximate surface area is 138 Å². The van der Waals surface area contributed by atoms with Gasteiger partial charge in [0.1, 0.15) is 30.0 Å². The van der Waals surface area contributed by atoms with Gasteiger partial charge in [0.05, 0.1) is 12.1 Å². The summed E-state index contributed by atoms with van der Waals surface area (Å²) in [6.45, 7) is 4.03. The zero-order valence-corrected chi connectivity index (χ0v) is 13.7. The van der Waals surface area contributed by atoms with Gasteiger partial charge in [-0.2, -0.15) is 0 Å². The third-order valence-corrected chi connectivity index (χ3v) is 3.49. The molecule has 1 heterocycles. The van der Waals surface area contributed by atoms with E-state index in [1.54, 1.807) is 0 Å². The van der Waals surface area contributed by atoms with Crippen LogP contribution in [0.4, 0.5) is 4.39 Å². The van der Waals surface area contributed by atoms with Crippen LogP contribution in [0.25, 0.3) is 0 Å². The number of benzene rings is 1. The Morgan fingerprint density at radius 1 is 1.57 bits per heavy atom. The molecule has 8 heteroatoms. The summed E-state index contributed by atoms with van der Waals surface area (Å²) in [4.78, 5) is 16.6. The second-order valence-electron chi connectivity index (χ2n) is 4.76. The molecular formula is C15H17ClFNO5. The number of esters is 1. The molecule has 23 heavy (non-hydrogen) atoms. The summed E-state index contributed by atoms with van der Waals surface area (Å²) >= 11 is 5.86. The first-order valence-corrected chi connectivity index (χ1v) is 7.41. The van der Waals surface area contributed by atoms with E-state index < -0.39 is 24.0 Å². The van der Waals surface area contributed by atoms with Gasteiger partial charge in [-0.25, -0.2) is 9.18 Å². The van der Waals surface area contributed by atoms with Crippen molar-refractivity contribution in [2.24, 2.45) is 5.16 Å². The maximum Gasteiger partial charge on any atom is 0.346 e. The molecule has 6 nitrogen and oxygen atoms in total. The SMILES string of the molecule is CCOC1CON=C1c1cc(Cl)c(F)cc1OC(C)C(=O)OC. The molecule has 1 aromatic rings. The lowest BCUT2D eigenvalue weighted by molar-refractivity contribution is -0.147. The summed E-state index contributed by atoms with van der Waals surface area (Å²) < 4.78 is 29.4. The van der Waals surface area contributed by atoms with Crippen LogP contribution < -0.4 is 4.74 Å². The van der Waals surface area contributed by atoms with E-state index in [1.165, 1.54) is 20.1 Å². The highest BCUT2D eigenvalue weighted by Gasteiger charge is 2.30. The van der Waals surface area contributed by atoms with Crippen LogP contribution in [0.3, 0.4) is 0 Å². The Morgan fingerprint density at radius 2 is 2.30 bits per heavy atom. The quantitative estimate of drug-likeness (QED) is 0.741. The number of carbonyl (C=O) groups excluding carboxylic acids is 1. The van der Waals surface area contributed by atoms with Crippen molar-refractivity contribution in [2.75, 3.05) is 20.3 Å². The molecule has 0 saturated carbocycles. The molecule has 0 aliphatic carbocycles. The highest BCUT2D eigenvalue weighted by atomic mass is 35.5. The van der Waals surface area contributed by atoms with Crippen LogP contribution in [-0.2, 0) is 19.1 Å². The van der Waals surface area contributed by atoms with E-state index in [2.05, 4.69) is 9.89 Å². The number of oxime groups is 1. The number of hydrogen-bond donors (Lipinski definition) is 0. The highest BCUT2D eigenvalue weighted by molar-refractivity contribution is 6.31. The van der Waals surface area contributed by atoms with Gasteiger partial charge < -0.3 is 19.0 Å². The molecule has 1 aliphatic rings. The molecule has 1 aliphatic heterocycles. The molecule has 0 amide bonds. The van der Waals surface area contributed by atoms with Crippen LogP contribution in [0.1, 0.15) is 19.4 Å². The van der Waals surface area contributed by atoms with Crippen LogP contribution in [0.5, 0.6) is 5.75 Å². The predicted molar refractivity (Wildman–Crippen MR) is 81.4 cm³/mol. The first kappa shape index (κ1) is 17.5. The number of rotatable bonds is 6. The van der Waals surface area contributed by atoms with Crippen molar-refractivity contribution in [3.8, 4) is 5.75 Å². The third-order valence-electron chi connectivity index (χ3n) is 3.20. The molecule has 126 valence electrons. The van der Waals surface area contributed by atoms with Gasteiger partial charge in [0.25, 0.3) is 0 Å². The van der Waals surface area contributed by atoms with E-state index in [0.717, 1.165) is 6.07 Å². The maximum absolute atomic E-state index is 13.8. The van der Waals surface area contributed by atoms with Crippen LogP contribution in [0.15, 0.2) is 17.3 Å². The van der Waals surface area contributed by atoms with Crippen LogP contribution >= 0.6 is 11.6 Å². The second kappa shape index (κ2) is 7.61. The molecule has 2 atom stereocenters. The number of hydrogen-bond acceptors (Lipinski definition) is 6. The molecular weight excluding hydrogens is 329 g/mol. The van der Waals surface area contributed by atoms with Crippen molar-refractivity contribution in [2.45, 2.75) is 26.1 Å². The van der Waals surface area contributed by atoms with E-state index in [1.807, 2.05) is 6.92 Å². The van der Waals surface area contributed by atoms with Gasteiger partial charge in [-0.1, -0.05) is 16.8 Å². The van der Waals surface area contributed by atoms with Crippen molar-refractivity contribution in [3.05, 3.63) is 28.5 Å². The van der Waals surface area contributed by atoms with Crippen LogP contribution in [0.2, 0.25) is 5.02 Å². The minimum atomic E-state index is -0.923. The maximum atomic E-state index is 13.8. The number of nitrogens with zero attached hydrogens (tertiary/aromatic N) is 1. The lowest BCUT2D eigenvalue weighted by Gasteiger charge is -2.18. The van der Waals surface area contributed by atoms with Crippen molar-refractivity contribution in [3.63, 3.8) is 0 Å². The average Bonchev–Trinajstić information content (AvgIpc) is 2.98. The smallest absolute Gasteiger partial charge is 0.346 e.